The Morgan fingerprint density at radius 1 is 1.47 bits per heavy atom. The molecule has 19 heavy (non-hydrogen) atoms. The third-order valence-electron chi connectivity index (χ3n) is 2.62. The predicted molar refractivity (Wildman–Crippen MR) is 93.5 cm³/mol. The Morgan fingerprint density at radius 2 is 2.26 bits per heavy atom. The van der Waals surface area contributed by atoms with Crippen LogP contribution in [0.5, 0.6) is 0 Å². The van der Waals surface area contributed by atoms with E-state index in [-0.39, 0.29) is 0 Å². The molecule has 0 aliphatic heterocycles. The maximum Gasteiger partial charge on any atom is 0.107 e. The van der Waals surface area contributed by atoms with Gasteiger partial charge in [-0.3, -0.25) is 0 Å². The van der Waals surface area contributed by atoms with Crippen molar-refractivity contribution in [2.75, 3.05) is 11.6 Å². The molecule has 0 fully saturated rings. The van der Waals surface area contributed by atoms with Gasteiger partial charge in [-0.1, -0.05) is 18.3 Å². The summed E-state index contributed by atoms with van der Waals surface area (Å²) in [5.41, 5.74) is 7.76. The van der Waals surface area contributed by atoms with Gasteiger partial charge in [0.2, 0.25) is 0 Å². The van der Waals surface area contributed by atoms with Gasteiger partial charge in [0.25, 0.3) is 0 Å². The fraction of sp³-hybridized carbons (Fsp3) is 0.154. The number of thiophene rings is 1. The van der Waals surface area contributed by atoms with E-state index in [1.807, 2.05) is 24.5 Å². The largest absolute Gasteiger partial charge is 0.389 e. The number of hydrogen-bond acceptors (Lipinski definition) is 4. The number of halogens is 1. The van der Waals surface area contributed by atoms with E-state index in [9.17, 15) is 0 Å². The summed E-state index contributed by atoms with van der Waals surface area (Å²) in [4.78, 5) is 2.78. The first kappa shape index (κ1) is 14.8. The van der Waals surface area contributed by atoms with Crippen LogP contribution in [0.3, 0.4) is 0 Å². The molecular formula is C13H13BrN2S3. The van der Waals surface area contributed by atoms with Crippen LogP contribution in [0.1, 0.15) is 10.4 Å². The third-order valence-corrected chi connectivity index (χ3v) is 5.53. The van der Waals surface area contributed by atoms with E-state index in [0.717, 1.165) is 27.2 Å². The Labute approximate surface area is 134 Å². The second-order valence-corrected chi connectivity index (χ2v) is 6.94. The van der Waals surface area contributed by atoms with Crippen molar-refractivity contribution >= 4 is 61.9 Å². The molecule has 0 aliphatic rings. The molecule has 0 amide bonds. The van der Waals surface area contributed by atoms with Gasteiger partial charge in [0, 0.05) is 25.5 Å². The summed E-state index contributed by atoms with van der Waals surface area (Å²) in [6, 6.07) is 8.11. The standard InChI is InChI=1S/C13H13BrN2S3/c1-18-10-4-2-3-9(12(10)13(15)17)16-7-11-8(14)5-6-19-11/h2-6,16H,7H2,1H3,(H2,15,17). The molecular weight excluding hydrogens is 360 g/mol. The zero-order chi connectivity index (χ0) is 13.8. The molecule has 0 aliphatic carbocycles. The Bertz CT molecular complexity index is 595. The molecule has 0 saturated heterocycles. The van der Waals surface area contributed by atoms with Crippen molar-refractivity contribution in [2.45, 2.75) is 11.4 Å². The highest BCUT2D eigenvalue weighted by Crippen LogP contribution is 2.29. The van der Waals surface area contributed by atoms with Crippen molar-refractivity contribution in [1.82, 2.24) is 0 Å². The van der Waals surface area contributed by atoms with Crippen molar-refractivity contribution in [3.63, 3.8) is 0 Å². The van der Waals surface area contributed by atoms with Gasteiger partial charge in [-0.15, -0.1) is 23.1 Å². The van der Waals surface area contributed by atoms with E-state index in [0.29, 0.717) is 4.99 Å². The minimum atomic E-state index is 0.428. The molecule has 6 heteroatoms. The minimum Gasteiger partial charge on any atom is -0.389 e. The van der Waals surface area contributed by atoms with Gasteiger partial charge in [0.05, 0.1) is 6.54 Å². The Kier molecular flexibility index (Phi) is 5.27. The fourth-order valence-electron chi connectivity index (χ4n) is 1.73. The maximum atomic E-state index is 5.84. The maximum absolute atomic E-state index is 5.84. The summed E-state index contributed by atoms with van der Waals surface area (Å²) in [7, 11) is 0. The topological polar surface area (TPSA) is 38.0 Å². The van der Waals surface area contributed by atoms with Gasteiger partial charge in [0.15, 0.2) is 0 Å². The van der Waals surface area contributed by atoms with Crippen molar-refractivity contribution < 1.29 is 0 Å². The summed E-state index contributed by atoms with van der Waals surface area (Å²) in [6.45, 7) is 0.756. The number of hydrogen-bond donors (Lipinski definition) is 2. The van der Waals surface area contributed by atoms with E-state index in [1.54, 1.807) is 23.1 Å². The second-order valence-electron chi connectivity index (χ2n) is 3.79. The quantitative estimate of drug-likeness (QED) is 0.599. The van der Waals surface area contributed by atoms with Gasteiger partial charge in [0.1, 0.15) is 4.99 Å². The normalized spacial score (nSPS) is 10.4. The van der Waals surface area contributed by atoms with Crippen LogP contribution < -0.4 is 11.1 Å². The molecule has 2 nitrogen and oxygen atoms in total. The van der Waals surface area contributed by atoms with Crippen LogP contribution in [0.4, 0.5) is 5.69 Å². The monoisotopic (exact) mass is 372 g/mol. The average Bonchev–Trinajstić information content (AvgIpc) is 2.81. The first-order chi connectivity index (χ1) is 9.13. The van der Waals surface area contributed by atoms with Gasteiger partial charge in [-0.25, -0.2) is 0 Å². The molecule has 2 aromatic rings. The highest BCUT2D eigenvalue weighted by atomic mass is 79.9. The Balaban J connectivity index is 2.25. The van der Waals surface area contributed by atoms with Crippen LogP contribution in [0.25, 0.3) is 0 Å². The van der Waals surface area contributed by atoms with Crippen LogP contribution in [0.2, 0.25) is 0 Å². The number of thiocarbonyl (C=S) groups is 1. The van der Waals surface area contributed by atoms with Gasteiger partial charge in [-0.05, 0) is 45.8 Å². The lowest BCUT2D eigenvalue weighted by Gasteiger charge is -2.14. The fourth-order valence-corrected chi connectivity index (χ4v) is 4.08. The van der Waals surface area contributed by atoms with E-state index in [4.69, 9.17) is 18.0 Å². The molecule has 0 radical (unpaired) electrons. The molecule has 0 atom stereocenters. The minimum absolute atomic E-state index is 0.428. The summed E-state index contributed by atoms with van der Waals surface area (Å²) in [5, 5.41) is 5.48. The molecule has 0 saturated carbocycles. The first-order valence-electron chi connectivity index (χ1n) is 5.56. The van der Waals surface area contributed by atoms with Crippen LogP contribution in [0.15, 0.2) is 39.0 Å². The number of nitrogens with one attached hydrogen (secondary N) is 1. The molecule has 1 aromatic carbocycles. The number of anilines is 1. The number of benzene rings is 1. The average molecular weight is 373 g/mol. The molecule has 3 N–H and O–H groups in total. The van der Waals surface area contributed by atoms with Gasteiger partial charge < -0.3 is 11.1 Å². The lowest BCUT2D eigenvalue weighted by atomic mass is 10.1. The zero-order valence-corrected chi connectivity index (χ0v) is 14.3. The highest BCUT2D eigenvalue weighted by molar-refractivity contribution is 9.10. The molecule has 1 heterocycles. The summed E-state index contributed by atoms with van der Waals surface area (Å²) >= 11 is 12.1. The molecule has 100 valence electrons. The Hall–Kier alpha value is -0.560. The lowest BCUT2D eigenvalue weighted by Crippen LogP contribution is -2.14. The summed E-state index contributed by atoms with van der Waals surface area (Å²) < 4.78 is 1.13. The number of rotatable bonds is 5. The Morgan fingerprint density at radius 3 is 2.84 bits per heavy atom. The van der Waals surface area contributed by atoms with Crippen LogP contribution in [-0.2, 0) is 6.54 Å². The predicted octanol–water partition coefficient (Wildman–Crippen LogP) is 4.48. The molecule has 1 aromatic heterocycles. The lowest BCUT2D eigenvalue weighted by molar-refractivity contribution is 1.17. The SMILES string of the molecule is CSc1cccc(NCc2sccc2Br)c1C(N)=S. The van der Waals surface area contributed by atoms with E-state index >= 15 is 0 Å². The molecule has 0 bridgehead atoms. The van der Waals surface area contributed by atoms with Crippen molar-refractivity contribution in [3.05, 3.63) is 44.6 Å². The zero-order valence-electron chi connectivity index (χ0n) is 10.3. The van der Waals surface area contributed by atoms with Crippen LogP contribution in [0, 0.1) is 0 Å². The van der Waals surface area contributed by atoms with Crippen LogP contribution in [-0.4, -0.2) is 11.2 Å². The number of thioether (sulfide) groups is 1. The molecule has 0 unspecified atom stereocenters. The van der Waals surface area contributed by atoms with E-state index in [1.165, 1.54) is 4.88 Å². The van der Waals surface area contributed by atoms with E-state index in [2.05, 4.69) is 32.7 Å². The van der Waals surface area contributed by atoms with Crippen molar-refractivity contribution in [3.8, 4) is 0 Å². The molecule has 2 rings (SSSR count). The summed E-state index contributed by atoms with van der Waals surface area (Å²) in [5.74, 6) is 0. The highest BCUT2D eigenvalue weighted by Gasteiger charge is 2.11. The van der Waals surface area contributed by atoms with Crippen LogP contribution >= 0.6 is 51.2 Å². The summed E-state index contributed by atoms with van der Waals surface area (Å²) in [6.07, 6.45) is 2.02. The third kappa shape index (κ3) is 3.51. The molecule has 0 spiro atoms. The van der Waals surface area contributed by atoms with Gasteiger partial charge in [-0.2, -0.15) is 0 Å². The van der Waals surface area contributed by atoms with Crippen molar-refractivity contribution in [2.24, 2.45) is 5.73 Å². The smallest absolute Gasteiger partial charge is 0.107 e. The second kappa shape index (κ2) is 6.74. The van der Waals surface area contributed by atoms with Gasteiger partial charge >= 0.3 is 0 Å². The van der Waals surface area contributed by atoms with Crippen molar-refractivity contribution in [1.29, 1.82) is 0 Å². The van der Waals surface area contributed by atoms with E-state index < -0.39 is 0 Å². The number of nitrogens with two attached hydrogens (primary N) is 1. The first-order valence-corrected chi connectivity index (χ1v) is 8.86.